The van der Waals surface area contributed by atoms with E-state index in [2.05, 4.69) is 11.2 Å². The molecule has 0 amide bonds. The molecule has 0 saturated carbocycles. The molecule has 0 spiro atoms. The van der Waals surface area contributed by atoms with Crippen LogP contribution < -0.4 is 5.32 Å². The molecule has 1 aromatic carbocycles. The Hall–Kier alpha value is -2.52. The summed E-state index contributed by atoms with van der Waals surface area (Å²) < 4.78 is 20.1. The van der Waals surface area contributed by atoms with Crippen molar-refractivity contribution in [2.45, 2.75) is 38.5 Å². The summed E-state index contributed by atoms with van der Waals surface area (Å²) in [7, 11) is 1.83. The van der Waals surface area contributed by atoms with Gasteiger partial charge in [-0.25, -0.2) is 9.18 Å². The summed E-state index contributed by atoms with van der Waals surface area (Å²) >= 11 is 0. The largest absolute Gasteiger partial charge is 0.462 e. The average Bonchev–Trinajstić information content (AvgIpc) is 2.99. The molecule has 0 aliphatic carbocycles. The van der Waals surface area contributed by atoms with Crippen LogP contribution in [-0.2, 0) is 11.3 Å². The van der Waals surface area contributed by atoms with Crippen molar-refractivity contribution in [3.05, 3.63) is 36.0 Å². The van der Waals surface area contributed by atoms with Gasteiger partial charge in [-0.1, -0.05) is 24.1 Å². The van der Waals surface area contributed by atoms with Crippen LogP contribution in [0.2, 0.25) is 0 Å². The van der Waals surface area contributed by atoms with Gasteiger partial charge in [-0.15, -0.1) is 0 Å². The molecule has 25 heavy (non-hydrogen) atoms. The lowest BCUT2D eigenvalue weighted by molar-refractivity contribution is 0.0278. The number of fused-ring (bicyclic) bond motifs is 1. The van der Waals surface area contributed by atoms with Gasteiger partial charge in [-0.3, -0.25) is 0 Å². The number of aliphatic hydroxyl groups is 1. The summed E-state index contributed by atoms with van der Waals surface area (Å²) in [6.07, 6.45) is 3.84. The number of hydrogen-bond acceptors (Lipinski definition) is 4. The Labute approximate surface area is 146 Å². The minimum atomic E-state index is -0.512. The Bertz CT molecular complexity index is 776. The van der Waals surface area contributed by atoms with E-state index < -0.39 is 18.7 Å². The predicted octanol–water partition coefficient (Wildman–Crippen LogP) is 2.86. The van der Waals surface area contributed by atoms with Crippen LogP contribution in [0.5, 0.6) is 0 Å². The molecule has 0 aliphatic heterocycles. The molecule has 0 radical (unpaired) electrons. The molecule has 0 aliphatic rings. The topological polar surface area (TPSA) is 63.5 Å². The number of hydrogen-bond donors (Lipinski definition) is 2. The second-order valence-corrected chi connectivity index (χ2v) is 5.89. The van der Waals surface area contributed by atoms with Crippen molar-refractivity contribution in [1.29, 1.82) is 0 Å². The van der Waals surface area contributed by atoms with Crippen LogP contribution in [0.4, 0.5) is 4.39 Å². The number of ether oxygens (including phenoxy) is 1. The van der Waals surface area contributed by atoms with Crippen molar-refractivity contribution in [2.75, 3.05) is 13.7 Å². The number of carbonyl (C=O) groups excluding carboxylic acids is 1. The number of aryl methyl sites for hydroxylation is 1. The van der Waals surface area contributed by atoms with Crippen molar-refractivity contribution < 1.29 is 19.0 Å². The molecule has 0 bridgehead atoms. The molecule has 2 rings (SSSR count). The van der Waals surface area contributed by atoms with Gasteiger partial charge in [0, 0.05) is 36.0 Å². The number of halogens is 1. The lowest BCUT2D eigenvalue weighted by atomic mass is 10.1. The third kappa shape index (κ3) is 4.74. The number of alkyl halides is 1. The maximum atomic E-state index is 12.8. The summed E-state index contributed by atoms with van der Waals surface area (Å²) in [6.45, 7) is 1.64. The van der Waals surface area contributed by atoms with E-state index in [4.69, 9.17) is 9.84 Å². The van der Waals surface area contributed by atoms with Crippen LogP contribution in [0.15, 0.2) is 30.5 Å². The maximum absolute atomic E-state index is 12.8. The number of esters is 1. The number of para-hydroxylation sites is 1. The molecule has 6 heteroatoms. The van der Waals surface area contributed by atoms with Gasteiger partial charge in [0.25, 0.3) is 0 Å². The van der Waals surface area contributed by atoms with Gasteiger partial charge >= 0.3 is 5.97 Å². The highest BCUT2D eigenvalue weighted by Crippen LogP contribution is 2.23. The molecule has 134 valence electrons. The lowest BCUT2D eigenvalue weighted by Gasteiger charge is -2.19. The Kier molecular flexibility index (Phi) is 6.84. The Morgan fingerprint density at radius 3 is 2.88 bits per heavy atom. The van der Waals surface area contributed by atoms with Crippen molar-refractivity contribution >= 4 is 16.9 Å². The van der Waals surface area contributed by atoms with Crippen LogP contribution in [0.3, 0.4) is 0 Å². The van der Waals surface area contributed by atoms with E-state index in [1.807, 2.05) is 44.3 Å². The zero-order valence-corrected chi connectivity index (χ0v) is 14.5. The lowest BCUT2D eigenvalue weighted by Crippen LogP contribution is -2.29. The maximum Gasteiger partial charge on any atom is 0.340 e. The molecule has 2 aromatic rings. The first kappa shape index (κ1) is 18.8. The molecule has 1 heterocycles. The fraction of sp³-hybridized carbons (Fsp3) is 0.421. The van der Waals surface area contributed by atoms with E-state index in [-0.39, 0.29) is 19.0 Å². The molecule has 0 saturated heterocycles. The molecule has 2 atom stereocenters. The molecule has 2 N–H and O–H groups in total. The first-order valence-corrected chi connectivity index (χ1v) is 8.24. The van der Waals surface area contributed by atoms with Crippen LogP contribution in [0.25, 0.3) is 10.9 Å². The average molecular weight is 346 g/mol. The molecule has 2 unspecified atom stereocenters. The van der Waals surface area contributed by atoms with E-state index in [9.17, 15) is 9.18 Å². The van der Waals surface area contributed by atoms with Crippen LogP contribution in [-0.4, -0.2) is 41.5 Å². The molecular formula is C19H23FN2O3. The number of nitrogens with one attached hydrogen (secondary N) is 1. The van der Waals surface area contributed by atoms with Crippen molar-refractivity contribution in [3.63, 3.8) is 0 Å². The SMILES string of the molecule is CNC(C)CC(CC#CO)OC(=O)c1cn(CCF)c2ccccc12. The number of aromatic nitrogens is 1. The Balaban J connectivity index is 2.25. The first-order valence-electron chi connectivity index (χ1n) is 8.24. The zero-order valence-electron chi connectivity index (χ0n) is 14.5. The van der Waals surface area contributed by atoms with Gasteiger partial charge in [-0.05, 0) is 20.0 Å². The van der Waals surface area contributed by atoms with Gasteiger partial charge in [0.1, 0.15) is 18.9 Å². The fourth-order valence-corrected chi connectivity index (χ4v) is 2.75. The standard InChI is InChI=1S/C19H23FN2O3/c1-14(21-2)12-15(6-5-11-23)25-19(24)17-13-22(10-9-20)18-8-4-3-7-16(17)18/h3-4,7-8,13-15,21,23H,6,9-10,12H2,1-2H3. The van der Waals surface area contributed by atoms with E-state index in [0.717, 1.165) is 10.9 Å². The Morgan fingerprint density at radius 1 is 1.44 bits per heavy atom. The summed E-state index contributed by atoms with van der Waals surface area (Å²) in [5.41, 5.74) is 1.20. The normalized spacial score (nSPS) is 13.1. The Morgan fingerprint density at radius 2 is 2.20 bits per heavy atom. The number of aliphatic hydroxyl groups excluding tert-OH is 1. The van der Waals surface area contributed by atoms with Crippen molar-refractivity contribution in [2.24, 2.45) is 0 Å². The van der Waals surface area contributed by atoms with Gasteiger partial charge in [0.2, 0.25) is 0 Å². The molecule has 5 nitrogen and oxygen atoms in total. The highest BCUT2D eigenvalue weighted by molar-refractivity contribution is 6.04. The van der Waals surface area contributed by atoms with Gasteiger partial charge in [-0.2, -0.15) is 0 Å². The minimum absolute atomic E-state index is 0.131. The highest BCUT2D eigenvalue weighted by Gasteiger charge is 2.21. The highest BCUT2D eigenvalue weighted by atomic mass is 19.1. The van der Waals surface area contributed by atoms with Gasteiger partial charge in [0.05, 0.1) is 12.1 Å². The van der Waals surface area contributed by atoms with E-state index in [1.54, 1.807) is 10.8 Å². The van der Waals surface area contributed by atoms with E-state index in [1.165, 1.54) is 0 Å². The number of benzene rings is 1. The molecule has 0 fully saturated rings. The number of rotatable bonds is 8. The summed E-state index contributed by atoms with van der Waals surface area (Å²) in [4.78, 5) is 12.7. The number of carbonyl (C=O) groups is 1. The van der Waals surface area contributed by atoms with Gasteiger partial charge in [0.15, 0.2) is 0 Å². The minimum Gasteiger partial charge on any atom is -0.462 e. The second kappa shape index (κ2) is 9.09. The van der Waals surface area contributed by atoms with Crippen molar-refractivity contribution in [1.82, 2.24) is 9.88 Å². The third-order valence-corrected chi connectivity index (χ3v) is 4.13. The smallest absolute Gasteiger partial charge is 0.340 e. The molecular weight excluding hydrogens is 323 g/mol. The quantitative estimate of drug-likeness (QED) is 0.570. The third-order valence-electron chi connectivity index (χ3n) is 4.13. The van der Waals surface area contributed by atoms with Crippen LogP contribution in [0.1, 0.15) is 30.1 Å². The van der Waals surface area contributed by atoms with E-state index >= 15 is 0 Å². The second-order valence-electron chi connectivity index (χ2n) is 5.89. The van der Waals surface area contributed by atoms with E-state index in [0.29, 0.717) is 12.0 Å². The molecule has 1 aromatic heterocycles. The zero-order chi connectivity index (χ0) is 18.2. The predicted molar refractivity (Wildman–Crippen MR) is 94.6 cm³/mol. The van der Waals surface area contributed by atoms with Crippen LogP contribution in [0, 0.1) is 12.0 Å². The summed E-state index contributed by atoms with van der Waals surface area (Å²) in [5.74, 6) is 2.07. The number of nitrogens with zero attached hydrogens (tertiary/aromatic N) is 1. The summed E-state index contributed by atoms with van der Waals surface area (Å²) in [5, 5.41) is 12.5. The van der Waals surface area contributed by atoms with Crippen molar-refractivity contribution in [3.8, 4) is 12.0 Å². The fourth-order valence-electron chi connectivity index (χ4n) is 2.75. The summed E-state index contributed by atoms with van der Waals surface area (Å²) in [6, 6.07) is 7.47. The van der Waals surface area contributed by atoms with Gasteiger partial charge < -0.3 is 19.7 Å². The van der Waals surface area contributed by atoms with Crippen LogP contribution >= 0.6 is 0 Å². The monoisotopic (exact) mass is 346 g/mol. The first-order chi connectivity index (χ1) is 12.1.